The molecule has 2 aromatic carbocycles. The van der Waals surface area contributed by atoms with E-state index in [1.165, 1.54) is 66.9 Å². The van der Waals surface area contributed by atoms with Crippen molar-refractivity contribution in [2.75, 3.05) is 31.8 Å². The minimum atomic E-state index is -4.53. The fourth-order valence-electron chi connectivity index (χ4n) is 5.19. The van der Waals surface area contributed by atoms with Crippen molar-refractivity contribution in [1.29, 1.82) is 0 Å². The van der Waals surface area contributed by atoms with Crippen molar-refractivity contribution in [2.45, 2.75) is 30.8 Å². The second-order valence-electron chi connectivity index (χ2n) is 10.4. The number of aromatic nitrogens is 5. The first-order chi connectivity index (χ1) is 22.5. The minimum Gasteiger partial charge on any atom is -0.496 e. The van der Waals surface area contributed by atoms with Crippen molar-refractivity contribution in [2.24, 2.45) is 0 Å². The van der Waals surface area contributed by atoms with Crippen LogP contribution in [0.2, 0.25) is 5.02 Å². The number of aryl methyl sites for hydroxylation is 1. The number of hydrogen-bond acceptors (Lipinski definition) is 10. The summed E-state index contributed by atoms with van der Waals surface area (Å²) in [5.41, 5.74) is -1.38. The van der Waals surface area contributed by atoms with Gasteiger partial charge < -0.3 is 14.2 Å². The Morgan fingerprint density at radius 1 is 1.15 bits per heavy atom. The highest BCUT2D eigenvalue weighted by Gasteiger charge is 2.30. The standard InChI is InChI=1S/C30H28ClFN6O7S2/c1-18-26-27(39)37(35(2)47(41,42)25-7-5-4-6-22(25)31)30(40)36(29(26)46-28(18)38-33-12-13-34-38)17-24(45-20-10-14-44-15-11-20)21-16-19(32)8-9-23(21)43-3/h4-9,12-13,16-17,20H,10-11,14-15H2,1-3H3. The summed E-state index contributed by atoms with van der Waals surface area (Å²) in [7, 11) is -2.04. The van der Waals surface area contributed by atoms with Gasteiger partial charge in [-0.1, -0.05) is 35.1 Å². The van der Waals surface area contributed by atoms with Gasteiger partial charge in [0.1, 0.15) is 38.2 Å². The Balaban J connectivity index is 1.67. The zero-order chi connectivity index (χ0) is 33.5. The highest BCUT2D eigenvalue weighted by molar-refractivity contribution is 7.92. The third-order valence-corrected chi connectivity index (χ3v) is 11.1. The van der Waals surface area contributed by atoms with Crippen molar-refractivity contribution in [1.82, 2.24) is 24.2 Å². The number of nitrogens with zero attached hydrogens (tertiary/aromatic N) is 6. The highest BCUT2D eigenvalue weighted by atomic mass is 35.5. The molecular weight excluding hydrogens is 675 g/mol. The largest absolute Gasteiger partial charge is 0.496 e. The molecular formula is C30H28ClFN6O7S2. The van der Waals surface area contributed by atoms with E-state index in [-0.39, 0.29) is 43.3 Å². The summed E-state index contributed by atoms with van der Waals surface area (Å²) < 4.78 is 61.8. The number of rotatable bonds is 9. The summed E-state index contributed by atoms with van der Waals surface area (Å²) in [6.07, 6.45) is 4.89. The van der Waals surface area contributed by atoms with E-state index in [1.807, 2.05) is 0 Å². The van der Waals surface area contributed by atoms with E-state index in [4.69, 9.17) is 25.8 Å². The van der Waals surface area contributed by atoms with Crippen LogP contribution in [0.25, 0.3) is 27.2 Å². The van der Waals surface area contributed by atoms with Gasteiger partial charge in [-0.3, -0.25) is 9.36 Å². The summed E-state index contributed by atoms with van der Waals surface area (Å²) in [5.74, 6) is -0.290. The van der Waals surface area contributed by atoms with Crippen LogP contribution in [0.4, 0.5) is 4.39 Å². The number of hydrogen-bond donors (Lipinski definition) is 0. The quantitative estimate of drug-likeness (QED) is 0.208. The Morgan fingerprint density at radius 3 is 2.53 bits per heavy atom. The first-order valence-corrected chi connectivity index (χ1v) is 16.9. The summed E-state index contributed by atoms with van der Waals surface area (Å²) in [4.78, 5) is 29.7. The van der Waals surface area contributed by atoms with Gasteiger partial charge in [-0.25, -0.2) is 9.18 Å². The van der Waals surface area contributed by atoms with Gasteiger partial charge in [0.05, 0.1) is 54.9 Å². The van der Waals surface area contributed by atoms with Gasteiger partial charge in [0, 0.05) is 25.5 Å². The molecule has 47 heavy (non-hydrogen) atoms. The van der Waals surface area contributed by atoms with Crippen LogP contribution in [-0.2, 0) is 19.5 Å². The summed E-state index contributed by atoms with van der Waals surface area (Å²) in [6.45, 7) is 2.50. The lowest BCUT2D eigenvalue weighted by molar-refractivity contribution is 0.0139. The third kappa shape index (κ3) is 5.93. The van der Waals surface area contributed by atoms with Crippen LogP contribution in [0.15, 0.2) is 69.3 Å². The van der Waals surface area contributed by atoms with Crippen LogP contribution in [0, 0.1) is 12.7 Å². The maximum atomic E-state index is 14.7. The Hall–Kier alpha value is -4.51. The second kappa shape index (κ2) is 12.9. The molecule has 13 nitrogen and oxygen atoms in total. The lowest BCUT2D eigenvalue weighted by Gasteiger charge is -2.26. The molecule has 1 fully saturated rings. The van der Waals surface area contributed by atoms with E-state index in [0.717, 1.165) is 23.0 Å². The lowest BCUT2D eigenvalue weighted by atomic mass is 10.1. The molecule has 0 amide bonds. The average molecular weight is 703 g/mol. The van der Waals surface area contributed by atoms with E-state index < -0.39 is 27.1 Å². The molecule has 6 rings (SSSR count). The van der Waals surface area contributed by atoms with Crippen LogP contribution in [0.5, 0.6) is 5.75 Å². The van der Waals surface area contributed by atoms with Gasteiger partial charge in [0.2, 0.25) is 0 Å². The molecule has 0 bridgehead atoms. The van der Waals surface area contributed by atoms with Gasteiger partial charge in [-0.05, 0) is 37.3 Å². The predicted octanol–water partition coefficient (Wildman–Crippen LogP) is 4.02. The maximum absolute atomic E-state index is 14.7. The summed E-state index contributed by atoms with van der Waals surface area (Å²) in [5, 5.41) is 8.69. The molecule has 1 aliphatic rings. The molecule has 0 N–H and O–H groups in total. The molecule has 1 saturated heterocycles. The number of fused-ring (bicyclic) bond motifs is 1. The van der Waals surface area contributed by atoms with Crippen molar-refractivity contribution >= 4 is 55.1 Å². The Bertz CT molecular complexity index is 2230. The number of methoxy groups -OCH3 is 1. The van der Waals surface area contributed by atoms with Crippen molar-refractivity contribution in [3.8, 4) is 10.8 Å². The van der Waals surface area contributed by atoms with Crippen LogP contribution in [0.1, 0.15) is 24.0 Å². The predicted molar refractivity (Wildman–Crippen MR) is 175 cm³/mol. The SMILES string of the molecule is COc1ccc(F)cc1C(=Cn1c(=O)n(N(C)S(=O)(=O)c2ccccc2Cl)c(=O)c2c(C)c(-n3nccn3)sc21)OC1CCOCC1. The monoisotopic (exact) mass is 702 g/mol. The van der Waals surface area contributed by atoms with Crippen molar-refractivity contribution in [3.05, 3.63) is 97.7 Å². The first kappa shape index (κ1) is 32.4. The van der Waals surface area contributed by atoms with Crippen LogP contribution in [0.3, 0.4) is 0 Å². The molecule has 0 radical (unpaired) electrons. The van der Waals surface area contributed by atoms with Gasteiger partial charge >= 0.3 is 5.69 Å². The number of ether oxygens (including phenoxy) is 3. The molecule has 3 aromatic heterocycles. The fraction of sp³-hybridized carbons (Fsp3) is 0.267. The average Bonchev–Trinajstić information content (AvgIpc) is 3.71. The third-order valence-electron chi connectivity index (χ3n) is 7.60. The fourth-order valence-corrected chi connectivity index (χ4v) is 8.02. The smallest absolute Gasteiger partial charge is 0.356 e. The highest BCUT2D eigenvalue weighted by Crippen LogP contribution is 2.34. The van der Waals surface area contributed by atoms with E-state index in [9.17, 15) is 22.4 Å². The van der Waals surface area contributed by atoms with E-state index in [2.05, 4.69) is 10.2 Å². The first-order valence-electron chi connectivity index (χ1n) is 14.2. The summed E-state index contributed by atoms with van der Waals surface area (Å²) >= 11 is 7.27. The molecule has 0 spiro atoms. The van der Waals surface area contributed by atoms with Crippen LogP contribution in [-0.4, -0.2) is 66.1 Å². The van der Waals surface area contributed by atoms with Crippen molar-refractivity contribution in [3.63, 3.8) is 0 Å². The van der Waals surface area contributed by atoms with Crippen LogP contribution >= 0.6 is 22.9 Å². The molecule has 17 heteroatoms. The molecule has 1 aliphatic heterocycles. The number of benzene rings is 2. The Labute approximate surface area is 276 Å². The minimum absolute atomic E-state index is 0.0241. The number of thiophene rings is 1. The molecule has 5 aromatic rings. The second-order valence-corrected chi connectivity index (χ2v) is 13.7. The molecule has 0 saturated carbocycles. The van der Waals surface area contributed by atoms with Gasteiger partial charge in [0.25, 0.3) is 15.6 Å². The van der Waals surface area contributed by atoms with Gasteiger partial charge in [-0.15, -0.1) is 4.80 Å². The Morgan fingerprint density at radius 2 is 1.85 bits per heavy atom. The topological polar surface area (TPSA) is 140 Å². The molecule has 4 heterocycles. The Kier molecular flexibility index (Phi) is 8.93. The zero-order valence-electron chi connectivity index (χ0n) is 25.3. The van der Waals surface area contributed by atoms with E-state index in [0.29, 0.717) is 45.7 Å². The van der Waals surface area contributed by atoms with E-state index >= 15 is 0 Å². The molecule has 0 atom stereocenters. The molecule has 0 aliphatic carbocycles. The summed E-state index contributed by atoms with van der Waals surface area (Å²) in [6, 6.07) is 9.52. The zero-order valence-corrected chi connectivity index (χ0v) is 27.7. The van der Waals surface area contributed by atoms with E-state index in [1.54, 1.807) is 13.0 Å². The number of sulfonamides is 1. The number of halogens is 2. The van der Waals surface area contributed by atoms with Gasteiger partial charge in [0.15, 0.2) is 0 Å². The normalized spacial score (nSPS) is 14.4. The molecule has 246 valence electrons. The maximum Gasteiger partial charge on any atom is 0.356 e. The lowest BCUT2D eigenvalue weighted by Crippen LogP contribution is -2.52. The van der Waals surface area contributed by atoms with Crippen molar-refractivity contribution < 1.29 is 27.0 Å². The molecule has 0 unspecified atom stereocenters. The van der Waals surface area contributed by atoms with Crippen LogP contribution < -0.4 is 20.4 Å². The van der Waals surface area contributed by atoms with Gasteiger partial charge in [-0.2, -0.15) is 27.7 Å².